The second kappa shape index (κ2) is 4.74. The van der Waals surface area contributed by atoms with E-state index in [4.69, 9.17) is 11.6 Å². The lowest BCUT2D eigenvalue weighted by Gasteiger charge is -2.28. The maximum atomic E-state index is 6.35. The highest BCUT2D eigenvalue weighted by atomic mass is 35.5. The van der Waals surface area contributed by atoms with Gasteiger partial charge < -0.3 is 0 Å². The molecule has 0 bridgehead atoms. The minimum atomic E-state index is -0.730. The predicted molar refractivity (Wildman–Crippen MR) is 78.4 cm³/mol. The summed E-state index contributed by atoms with van der Waals surface area (Å²) in [5.41, 5.74) is 8.42. The second-order valence-corrected chi connectivity index (χ2v) is 5.28. The Hall–Kier alpha value is -1.75. The van der Waals surface area contributed by atoms with Crippen LogP contribution in [0.3, 0.4) is 0 Å². The highest BCUT2D eigenvalue weighted by Crippen LogP contribution is 2.27. The Bertz CT molecular complexity index is 494. The first-order chi connectivity index (χ1) is 9.16. The smallest absolute Gasteiger partial charge is 0.179 e. The van der Waals surface area contributed by atoms with Gasteiger partial charge in [0, 0.05) is 0 Å². The van der Waals surface area contributed by atoms with Crippen LogP contribution >= 0.6 is 11.6 Å². The normalized spacial score (nSPS) is 17.8. The van der Waals surface area contributed by atoms with E-state index in [2.05, 4.69) is 10.9 Å². The molecule has 1 fully saturated rings. The number of hydrogen-bond acceptors (Lipinski definition) is 4. The lowest BCUT2D eigenvalue weighted by molar-refractivity contribution is 0.521. The Labute approximate surface area is 117 Å². The molecule has 0 unspecified atom stereocenters. The molecule has 3 rings (SSSR count). The summed E-state index contributed by atoms with van der Waals surface area (Å²) in [5, 5.41) is 3.05. The van der Waals surface area contributed by atoms with Crippen molar-refractivity contribution < 1.29 is 0 Å². The van der Waals surface area contributed by atoms with Crippen LogP contribution in [-0.2, 0) is 0 Å². The van der Waals surface area contributed by atoms with Crippen LogP contribution in [0, 0.1) is 0 Å². The van der Waals surface area contributed by atoms with Crippen molar-refractivity contribution in [2.45, 2.75) is 12.0 Å². The molecule has 1 heterocycles. The maximum Gasteiger partial charge on any atom is 0.179 e. The molecule has 2 N–H and O–H groups in total. The maximum absolute atomic E-state index is 6.35. The van der Waals surface area contributed by atoms with E-state index in [1.807, 2.05) is 77.8 Å². The van der Waals surface area contributed by atoms with E-state index < -0.39 is 5.12 Å². The third kappa shape index (κ3) is 2.51. The summed E-state index contributed by atoms with van der Waals surface area (Å²) < 4.78 is 0. The van der Waals surface area contributed by atoms with Gasteiger partial charge in [0.25, 0.3) is 0 Å². The summed E-state index contributed by atoms with van der Waals surface area (Å²) in [5.74, 6) is 0. The van der Waals surface area contributed by atoms with E-state index >= 15 is 0 Å². The monoisotopic (exact) mass is 274 g/mol. The highest BCUT2D eigenvalue weighted by Gasteiger charge is 2.37. The number of hydrogen-bond donors (Lipinski definition) is 2. The number of para-hydroxylation sites is 2. The van der Waals surface area contributed by atoms with Crippen molar-refractivity contribution in [3.63, 3.8) is 0 Å². The zero-order valence-electron chi connectivity index (χ0n) is 10.5. The molecular formula is C14H15ClN4. The predicted octanol–water partition coefficient (Wildman–Crippen LogP) is 2.85. The average Bonchev–Trinajstić information content (AvgIpc) is 2.77. The summed E-state index contributed by atoms with van der Waals surface area (Å²) in [7, 11) is 0. The summed E-state index contributed by atoms with van der Waals surface area (Å²) in [4.78, 5) is 0. The van der Waals surface area contributed by atoms with Crippen LogP contribution in [0.1, 0.15) is 6.92 Å². The Kier molecular flexibility index (Phi) is 3.06. The van der Waals surface area contributed by atoms with Gasteiger partial charge in [0.15, 0.2) is 5.12 Å². The number of alkyl halides is 1. The largest absolute Gasteiger partial charge is 0.200 e. The fourth-order valence-corrected chi connectivity index (χ4v) is 2.18. The molecule has 1 saturated heterocycles. The number of rotatable bonds is 2. The van der Waals surface area contributed by atoms with E-state index in [1.165, 1.54) is 0 Å². The molecule has 0 spiro atoms. The van der Waals surface area contributed by atoms with Crippen LogP contribution in [0.4, 0.5) is 11.4 Å². The van der Waals surface area contributed by atoms with E-state index in [0.29, 0.717) is 0 Å². The molecule has 0 amide bonds. The van der Waals surface area contributed by atoms with Crippen molar-refractivity contribution in [2.75, 3.05) is 10.2 Å². The molecule has 1 aliphatic heterocycles. The second-order valence-electron chi connectivity index (χ2n) is 4.52. The third-order valence-corrected chi connectivity index (χ3v) is 3.00. The molecule has 0 saturated carbocycles. The molecular weight excluding hydrogens is 260 g/mol. The van der Waals surface area contributed by atoms with Crippen LogP contribution in [0.25, 0.3) is 0 Å². The van der Waals surface area contributed by atoms with E-state index in [0.717, 1.165) is 11.4 Å². The number of nitrogens with zero attached hydrogens (tertiary/aromatic N) is 2. The van der Waals surface area contributed by atoms with E-state index in [1.54, 1.807) is 0 Å². The molecule has 19 heavy (non-hydrogen) atoms. The minimum Gasteiger partial charge on any atom is -0.200 e. The minimum absolute atomic E-state index is 0.730. The SMILES string of the molecule is CC1(Cl)NN(c2ccccc2)N(c2ccccc2)N1. The van der Waals surface area contributed by atoms with Crippen LogP contribution in [0.5, 0.6) is 0 Å². The van der Waals surface area contributed by atoms with Gasteiger partial charge in [-0.05, 0) is 31.2 Å². The average molecular weight is 275 g/mol. The fourth-order valence-electron chi connectivity index (χ4n) is 2.02. The summed E-state index contributed by atoms with van der Waals surface area (Å²) in [6.07, 6.45) is 0. The fraction of sp³-hybridized carbons (Fsp3) is 0.143. The quantitative estimate of drug-likeness (QED) is 0.651. The number of halogens is 1. The number of nitrogens with one attached hydrogen (secondary N) is 2. The van der Waals surface area contributed by atoms with Crippen LogP contribution < -0.4 is 21.1 Å². The first-order valence-corrected chi connectivity index (χ1v) is 6.48. The topological polar surface area (TPSA) is 30.5 Å². The van der Waals surface area contributed by atoms with Gasteiger partial charge in [0.2, 0.25) is 0 Å². The van der Waals surface area contributed by atoms with Gasteiger partial charge in [0.1, 0.15) is 0 Å². The summed E-state index contributed by atoms with van der Waals surface area (Å²) in [6.45, 7) is 1.87. The van der Waals surface area contributed by atoms with Crippen LogP contribution in [-0.4, -0.2) is 5.12 Å². The molecule has 4 nitrogen and oxygen atoms in total. The molecule has 0 aliphatic carbocycles. The van der Waals surface area contributed by atoms with Gasteiger partial charge in [-0.25, -0.2) is 0 Å². The number of anilines is 2. The standard InChI is InChI=1S/C14H15ClN4/c1-14(15)16-18(12-8-4-2-5-9-12)19(17-14)13-10-6-3-7-11-13/h2-11,16-17H,1H3. The lowest BCUT2D eigenvalue weighted by Crippen LogP contribution is -2.45. The van der Waals surface area contributed by atoms with Gasteiger partial charge in [-0.1, -0.05) is 48.0 Å². The molecule has 5 heteroatoms. The molecule has 0 aromatic heterocycles. The third-order valence-electron chi connectivity index (χ3n) is 2.83. The Morgan fingerprint density at radius 1 is 0.789 bits per heavy atom. The summed E-state index contributed by atoms with van der Waals surface area (Å²) >= 11 is 6.35. The van der Waals surface area contributed by atoms with Crippen LogP contribution in [0.15, 0.2) is 60.7 Å². The van der Waals surface area contributed by atoms with Crippen molar-refractivity contribution in [2.24, 2.45) is 0 Å². The molecule has 1 aliphatic rings. The van der Waals surface area contributed by atoms with E-state index in [-0.39, 0.29) is 0 Å². The first kappa shape index (κ1) is 12.3. The molecule has 98 valence electrons. The Morgan fingerprint density at radius 3 is 1.53 bits per heavy atom. The number of hydrazine groups is 3. The van der Waals surface area contributed by atoms with Crippen molar-refractivity contribution >= 4 is 23.0 Å². The van der Waals surface area contributed by atoms with Gasteiger partial charge in [-0.3, -0.25) is 0 Å². The number of benzene rings is 2. The molecule has 2 aromatic carbocycles. The van der Waals surface area contributed by atoms with Crippen molar-refractivity contribution in [3.8, 4) is 0 Å². The van der Waals surface area contributed by atoms with Gasteiger partial charge in [-0.2, -0.15) is 21.1 Å². The Morgan fingerprint density at radius 2 is 1.16 bits per heavy atom. The molecule has 0 radical (unpaired) electrons. The lowest BCUT2D eigenvalue weighted by atomic mass is 10.3. The zero-order chi connectivity index (χ0) is 13.3. The van der Waals surface area contributed by atoms with Crippen molar-refractivity contribution in [1.29, 1.82) is 0 Å². The Balaban J connectivity index is 1.97. The van der Waals surface area contributed by atoms with Gasteiger partial charge >= 0.3 is 0 Å². The van der Waals surface area contributed by atoms with E-state index in [9.17, 15) is 0 Å². The molecule has 2 aromatic rings. The summed E-state index contributed by atoms with van der Waals surface area (Å²) in [6, 6.07) is 20.0. The first-order valence-electron chi connectivity index (χ1n) is 6.10. The van der Waals surface area contributed by atoms with Gasteiger partial charge in [0.05, 0.1) is 11.4 Å². The van der Waals surface area contributed by atoms with Gasteiger partial charge in [-0.15, -0.1) is 0 Å². The van der Waals surface area contributed by atoms with Crippen LogP contribution in [0.2, 0.25) is 0 Å². The molecule has 0 atom stereocenters. The highest BCUT2D eigenvalue weighted by molar-refractivity contribution is 6.23. The zero-order valence-corrected chi connectivity index (χ0v) is 11.3. The van der Waals surface area contributed by atoms with Crippen molar-refractivity contribution in [3.05, 3.63) is 60.7 Å². The van der Waals surface area contributed by atoms with Crippen molar-refractivity contribution in [1.82, 2.24) is 10.9 Å².